The van der Waals surface area contributed by atoms with Crippen molar-refractivity contribution in [2.45, 2.75) is 63.8 Å². The van der Waals surface area contributed by atoms with Crippen LogP contribution in [0, 0.1) is 5.92 Å². The van der Waals surface area contributed by atoms with Gasteiger partial charge in [-0.2, -0.15) is 0 Å². The maximum Gasteiger partial charge on any atom is 0.247 e. The molecule has 6 nitrogen and oxygen atoms in total. The Morgan fingerprint density at radius 3 is 2.50 bits per heavy atom. The zero-order valence-electron chi connectivity index (χ0n) is 15.5. The number of carbonyl (C=O) groups excluding carboxylic acids is 2. The molecule has 144 valence electrons. The van der Waals surface area contributed by atoms with Crippen LogP contribution in [0.15, 0.2) is 4.99 Å². The second kappa shape index (κ2) is 9.55. The van der Waals surface area contributed by atoms with Gasteiger partial charge < -0.3 is 10.2 Å². The van der Waals surface area contributed by atoms with Gasteiger partial charge in [0.2, 0.25) is 11.8 Å². The number of aliphatic imine (C=N–C) groups is 1. The van der Waals surface area contributed by atoms with Crippen LogP contribution in [0.3, 0.4) is 0 Å². The molecule has 3 fully saturated rings. The summed E-state index contributed by atoms with van der Waals surface area (Å²) in [6.07, 6.45) is 11.8. The molecule has 2 heterocycles. The highest BCUT2D eigenvalue weighted by Crippen LogP contribution is 2.25. The summed E-state index contributed by atoms with van der Waals surface area (Å²) in [6, 6.07) is 0.124. The largest absolute Gasteiger partial charge is 0.303 e. The predicted octanol–water partition coefficient (Wildman–Crippen LogP) is 2.13. The van der Waals surface area contributed by atoms with E-state index in [4.69, 9.17) is 12.2 Å². The second-order valence-electron chi connectivity index (χ2n) is 7.58. The van der Waals surface area contributed by atoms with Gasteiger partial charge in [-0.1, -0.05) is 25.7 Å². The highest BCUT2D eigenvalue weighted by Gasteiger charge is 2.40. The van der Waals surface area contributed by atoms with E-state index in [-0.39, 0.29) is 23.0 Å². The SMILES string of the molecule is O=C1NC(=S)N(C2CCCCC2)C(=O)[C@@H]1C=NCCCN1CCCCC1. The number of likely N-dealkylation sites (tertiary alicyclic amines) is 1. The molecule has 0 spiro atoms. The highest BCUT2D eigenvalue weighted by atomic mass is 32.1. The molecule has 0 aromatic heterocycles. The van der Waals surface area contributed by atoms with E-state index in [1.54, 1.807) is 4.90 Å². The number of rotatable bonds is 6. The minimum Gasteiger partial charge on any atom is -0.303 e. The number of carbonyl (C=O) groups is 2. The fraction of sp³-hybridized carbons (Fsp3) is 0.789. The first-order valence-corrected chi connectivity index (χ1v) is 10.5. The number of nitrogens with zero attached hydrogens (tertiary/aromatic N) is 3. The summed E-state index contributed by atoms with van der Waals surface area (Å²) >= 11 is 5.26. The normalized spacial score (nSPS) is 26.5. The standard InChI is InChI=1S/C19H30N4O2S/c24-17-16(14-20-10-7-13-22-11-5-2-6-12-22)18(25)23(19(26)21-17)15-8-3-1-4-9-15/h14-16H,1-13H2,(H,21,24,26)/t16-/m1/s1. The minimum absolute atomic E-state index is 0.124. The van der Waals surface area contributed by atoms with Gasteiger partial charge in [-0.3, -0.25) is 19.5 Å². The zero-order valence-corrected chi connectivity index (χ0v) is 16.3. The molecule has 2 amide bonds. The molecule has 1 N–H and O–H groups in total. The van der Waals surface area contributed by atoms with Crippen molar-refractivity contribution in [1.29, 1.82) is 0 Å². The molecule has 26 heavy (non-hydrogen) atoms. The molecule has 1 aliphatic carbocycles. The lowest BCUT2D eigenvalue weighted by atomic mass is 9.92. The van der Waals surface area contributed by atoms with E-state index in [0.717, 1.165) is 38.6 Å². The van der Waals surface area contributed by atoms with Crippen molar-refractivity contribution in [1.82, 2.24) is 15.1 Å². The molecule has 3 rings (SSSR count). The number of thiocarbonyl (C=S) groups is 1. The number of piperidine rings is 1. The monoisotopic (exact) mass is 378 g/mol. The van der Waals surface area contributed by atoms with Crippen molar-refractivity contribution < 1.29 is 9.59 Å². The van der Waals surface area contributed by atoms with E-state index in [1.165, 1.54) is 45.0 Å². The van der Waals surface area contributed by atoms with Gasteiger partial charge in [0, 0.05) is 18.8 Å². The maximum absolute atomic E-state index is 12.8. The number of hydrogen-bond donors (Lipinski definition) is 1. The summed E-state index contributed by atoms with van der Waals surface area (Å²) in [4.78, 5) is 33.5. The van der Waals surface area contributed by atoms with E-state index >= 15 is 0 Å². The topological polar surface area (TPSA) is 65.0 Å². The first-order valence-electron chi connectivity index (χ1n) is 10.1. The quantitative estimate of drug-likeness (QED) is 0.333. The third kappa shape index (κ3) is 4.88. The first kappa shape index (κ1) is 19.4. The summed E-state index contributed by atoms with van der Waals surface area (Å²) in [5, 5.41) is 2.96. The Labute approximate surface area is 161 Å². The average molecular weight is 379 g/mol. The Bertz CT molecular complexity index is 554. The average Bonchev–Trinajstić information content (AvgIpc) is 2.65. The Balaban J connectivity index is 1.51. The van der Waals surface area contributed by atoms with Gasteiger partial charge in [0.25, 0.3) is 0 Å². The fourth-order valence-corrected chi connectivity index (χ4v) is 4.51. The third-order valence-electron chi connectivity index (χ3n) is 5.64. The van der Waals surface area contributed by atoms with Crippen LogP contribution >= 0.6 is 12.2 Å². The predicted molar refractivity (Wildman–Crippen MR) is 106 cm³/mol. The Morgan fingerprint density at radius 2 is 1.77 bits per heavy atom. The maximum atomic E-state index is 12.8. The van der Waals surface area contributed by atoms with Gasteiger partial charge in [0.1, 0.15) is 0 Å². The number of hydrogen-bond acceptors (Lipinski definition) is 5. The molecule has 3 aliphatic rings. The molecule has 0 aromatic rings. The molecule has 2 aliphatic heterocycles. The van der Waals surface area contributed by atoms with Crippen LogP contribution in [0.5, 0.6) is 0 Å². The number of amides is 2. The first-order chi connectivity index (χ1) is 12.7. The Hall–Kier alpha value is -1.34. The van der Waals surface area contributed by atoms with E-state index in [0.29, 0.717) is 6.54 Å². The van der Waals surface area contributed by atoms with Crippen molar-refractivity contribution in [3.63, 3.8) is 0 Å². The summed E-state index contributed by atoms with van der Waals surface area (Å²) in [5.74, 6) is -1.38. The molecule has 0 bridgehead atoms. The van der Waals surface area contributed by atoms with Crippen LogP contribution in [-0.2, 0) is 9.59 Å². The van der Waals surface area contributed by atoms with Crippen molar-refractivity contribution >= 4 is 35.4 Å². The van der Waals surface area contributed by atoms with Crippen molar-refractivity contribution in [2.24, 2.45) is 10.9 Å². The van der Waals surface area contributed by atoms with Crippen LogP contribution < -0.4 is 5.32 Å². The molecule has 0 aromatic carbocycles. The lowest BCUT2D eigenvalue weighted by Crippen LogP contribution is -2.61. The Morgan fingerprint density at radius 1 is 1.08 bits per heavy atom. The van der Waals surface area contributed by atoms with Crippen LogP contribution in [0.25, 0.3) is 0 Å². The summed E-state index contributed by atoms with van der Waals surface area (Å²) in [7, 11) is 0. The number of nitrogens with one attached hydrogen (secondary N) is 1. The zero-order chi connectivity index (χ0) is 18.4. The molecule has 2 saturated heterocycles. The van der Waals surface area contributed by atoms with Gasteiger partial charge >= 0.3 is 0 Å². The highest BCUT2D eigenvalue weighted by molar-refractivity contribution is 7.80. The van der Waals surface area contributed by atoms with Gasteiger partial charge in [-0.15, -0.1) is 0 Å². The van der Waals surface area contributed by atoms with Crippen molar-refractivity contribution in [3.05, 3.63) is 0 Å². The lowest BCUT2D eigenvalue weighted by molar-refractivity contribution is -0.139. The smallest absolute Gasteiger partial charge is 0.247 e. The summed E-state index contributed by atoms with van der Waals surface area (Å²) in [6.45, 7) is 4.06. The molecule has 0 unspecified atom stereocenters. The van der Waals surface area contributed by atoms with Crippen molar-refractivity contribution in [3.8, 4) is 0 Å². The molecular weight excluding hydrogens is 348 g/mol. The molecule has 1 saturated carbocycles. The van der Waals surface area contributed by atoms with Crippen LogP contribution in [0.2, 0.25) is 0 Å². The van der Waals surface area contributed by atoms with Gasteiger partial charge in [-0.25, -0.2) is 0 Å². The molecular formula is C19H30N4O2S. The van der Waals surface area contributed by atoms with Crippen molar-refractivity contribution in [2.75, 3.05) is 26.2 Å². The Kier molecular flexibility index (Phi) is 7.14. The summed E-state index contributed by atoms with van der Waals surface area (Å²) < 4.78 is 0. The fourth-order valence-electron chi connectivity index (χ4n) is 4.17. The molecule has 0 radical (unpaired) electrons. The van der Waals surface area contributed by atoms with Gasteiger partial charge in [-0.05, 0) is 64.0 Å². The van der Waals surface area contributed by atoms with E-state index in [9.17, 15) is 9.59 Å². The van der Waals surface area contributed by atoms with E-state index in [2.05, 4.69) is 15.2 Å². The van der Waals surface area contributed by atoms with E-state index < -0.39 is 5.92 Å². The summed E-state index contributed by atoms with van der Waals surface area (Å²) in [5.41, 5.74) is 0. The van der Waals surface area contributed by atoms with Gasteiger partial charge in [0.05, 0.1) is 0 Å². The van der Waals surface area contributed by atoms with Crippen LogP contribution in [0.1, 0.15) is 57.8 Å². The van der Waals surface area contributed by atoms with E-state index in [1.807, 2.05) is 0 Å². The lowest BCUT2D eigenvalue weighted by Gasteiger charge is -2.38. The van der Waals surface area contributed by atoms with Crippen LogP contribution in [-0.4, -0.2) is 65.2 Å². The van der Waals surface area contributed by atoms with Crippen LogP contribution in [0.4, 0.5) is 0 Å². The minimum atomic E-state index is -0.835. The molecule has 1 atom stereocenters. The second-order valence-corrected chi connectivity index (χ2v) is 7.97. The third-order valence-corrected chi connectivity index (χ3v) is 5.94. The molecule has 7 heteroatoms. The van der Waals surface area contributed by atoms with Gasteiger partial charge in [0.15, 0.2) is 11.0 Å².